The maximum atomic E-state index is 13.1. The second kappa shape index (κ2) is 6.75. The van der Waals surface area contributed by atoms with Crippen LogP contribution in [0.25, 0.3) is 10.9 Å². The van der Waals surface area contributed by atoms with Gasteiger partial charge in [0.05, 0.1) is 11.1 Å². The zero-order valence-corrected chi connectivity index (χ0v) is 13.5. The number of carbonyl (C=O) groups is 1. The Labute approximate surface area is 149 Å². The molecule has 0 radical (unpaired) electrons. The third-order valence-corrected chi connectivity index (χ3v) is 3.88. The molecule has 5 nitrogen and oxygen atoms in total. The molecule has 1 amide bonds. The van der Waals surface area contributed by atoms with Gasteiger partial charge in [-0.05, 0) is 35.9 Å². The summed E-state index contributed by atoms with van der Waals surface area (Å²) in [6, 6.07) is 7.76. The lowest BCUT2D eigenvalue weighted by Crippen LogP contribution is -2.29. The molecule has 3 rings (SSSR count). The van der Waals surface area contributed by atoms with Gasteiger partial charge < -0.3 is 15.4 Å². The highest BCUT2D eigenvalue weighted by atomic mass is 19.4. The summed E-state index contributed by atoms with van der Waals surface area (Å²) in [6.07, 6.45) is -4.62. The van der Waals surface area contributed by atoms with Gasteiger partial charge in [-0.25, -0.2) is 4.39 Å². The molecule has 3 N–H and O–H groups in total. The fourth-order valence-electron chi connectivity index (χ4n) is 2.59. The van der Waals surface area contributed by atoms with Crippen LogP contribution in [0.2, 0.25) is 0 Å². The van der Waals surface area contributed by atoms with E-state index in [4.69, 9.17) is 0 Å². The molecule has 0 aliphatic heterocycles. The maximum Gasteiger partial charge on any atom is 0.416 e. The zero-order valence-electron chi connectivity index (χ0n) is 13.5. The molecule has 0 atom stereocenters. The van der Waals surface area contributed by atoms with Gasteiger partial charge in [0.1, 0.15) is 17.1 Å². The predicted octanol–water partition coefficient (Wildman–Crippen LogP) is 3.32. The van der Waals surface area contributed by atoms with E-state index in [2.05, 4.69) is 10.3 Å². The lowest BCUT2D eigenvalue weighted by atomic mass is 10.1. The predicted molar refractivity (Wildman–Crippen MR) is 88.8 cm³/mol. The van der Waals surface area contributed by atoms with E-state index < -0.39 is 40.3 Å². The van der Waals surface area contributed by atoms with Gasteiger partial charge in [-0.15, -0.1) is 0 Å². The molecule has 0 aliphatic rings. The van der Waals surface area contributed by atoms with Gasteiger partial charge in [0, 0.05) is 11.9 Å². The van der Waals surface area contributed by atoms with E-state index in [1.54, 1.807) is 6.07 Å². The molecule has 0 saturated heterocycles. The van der Waals surface area contributed by atoms with Crippen molar-refractivity contribution in [2.24, 2.45) is 0 Å². The van der Waals surface area contributed by atoms with Crippen LogP contribution in [0, 0.1) is 5.82 Å². The maximum absolute atomic E-state index is 13.1. The van der Waals surface area contributed by atoms with E-state index in [0.29, 0.717) is 11.6 Å². The third-order valence-electron chi connectivity index (χ3n) is 3.88. The van der Waals surface area contributed by atoms with Crippen molar-refractivity contribution in [3.63, 3.8) is 0 Å². The Bertz CT molecular complexity index is 1090. The van der Waals surface area contributed by atoms with Crippen molar-refractivity contribution in [1.29, 1.82) is 0 Å². The molecular weight excluding hydrogens is 368 g/mol. The molecule has 0 unspecified atom stereocenters. The summed E-state index contributed by atoms with van der Waals surface area (Å²) in [5.41, 5.74) is -2.52. The number of amides is 1. The van der Waals surface area contributed by atoms with Gasteiger partial charge >= 0.3 is 6.18 Å². The Morgan fingerprint density at radius 2 is 1.89 bits per heavy atom. The number of aromatic amines is 1. The van der Waals surface area contributed by atoms with Crippen LogP contribution >= 0.6 is 0 Å². The van der Waals surface area contributed by atoms with Gasteiger partial charge in [0.25, 0.3) is 11.5 Å². The molecule has 9 heteroatoms. The highest BCUT2D eigenvalue weighted by molar-refractivity contribution is 6.02. The number of fused-ring (bicyclic) bond motifs is 1. The molecule has 0 bridgehead atoms. The average Bonchev–Trinajstić information content (AvgIpc) is 2.58. The largest absolute Gasteiger partial charge is 0.506 e. The van der Waals surface area contributed by atoms with Crippen LogP contribution in [0.4, 0.5) is 17.6 Å². The first-order chi connectivity index (χ1) is 12.7. The average molecular weight is 380 g/mol. The van der Waals surface area contributed by atoms with Crippen LogP contribution in [0.5, 0.6) is 5.75 Å². The summed E-state index contributed by atoms with van der Waals surface area (Å²) >= 11 is 0. The molecule has 140 valence electrons. The van der Waals surface area contributed by atoms with Crippen molar-refractivity contribution >= 4 is 16.8 Å². The van der Waals surface area contributed by atoms with E-state index in [1.165, 1.54) is 18.2 Å². The smallest absolute Gasteiger partial charge is 0.416 e. The summed E-state index contributed by atoms with van der Waals surface area (Å²) in [5, 5.41) is 12.5. The SMILES string of the molecule is O=C(NCc1cccc(F)c1)c1c(O)c2ccc(C(F)(F)F)cc2[nH]c1=O. The number of pyridine rings is 1. The molecule has 3 aromatic rings. The van der Waals surface area contributed by atoms with Crippen molar-refractivity contribution in [1.82, 2.24) is 10.3 Å². The summed E-state index contributed by atoms with van der Waals surface area (Å²) in [4.78, 5) is 26.5. The van der Waals surface area contributed by atoms with Crippen LogP contribution in [0.1, 0.15) is 21.5 Å². The number of nitrogens with one attached hydrogen (secondary N) is 2. The summed E-state index contributed by atoms with van der Waals surface area (Å²) in [5.74, 6) is -2.19. The van der Waals surface area contributed by atoms with Gasteiger partial charge in [-0.2, -0.15) is 13.2 Å². The number of rotatable bonds is 3. The first-order valence-electron chi connectivity index (χ1n) is 7.65. The second-order valence-corrected chi connectivity index (χ2v) is 5.75. The minimum absolute atomic E-state index is 0.111. The number of benzene rings is 2. The second-order valence-electron chi connectivity index (χ2n) is 5.75. The van der Waals surface area contributed by atoms with Gasteiger partial charge in [-0.3, -0.25) is 9.59 Å². The lowest BCUT2D eigenvalue weighted by Gasteiger charge is -2.11. The first kappa shape index (κ1) is 18.4. The Hall–Kier alpha value is -3.36. The quantitative estimate of drug-likeness (QED) is 0.610. The third kappa shape index (κ3) is 3.76. The number of hydrogen-bond donors (Lipinski definition) is 3. The number of H-pyrrole nitrogens is 1. The minimum Gasteiger partial charge on any atom is -0.506 e. The normalized spacial score (nSPS) is 11.6. The fraction of sp³-hybridized carbons (Fsp3) is 0.111. The van der Waals surface area contributed by atoms with Crippen LogP contribution < -0.4 is 10.9 Å². The fourth-order valence-corrected chi connectivity index (χ4v) is 2.59. The number of alkyl halides is 3. The van der Waals surface area contributed by atoms with Crippen molar-refractivity contribution in [2.45, 2.75) is 12.7 Å². The van der Waals surface area contributed by atoms with E-state index >= 15 is 0 Å². The van der Waals surface area contributed by atoms with Crippen molar-refractivity contribution in [2.75, 3.05) is 0 Å². The molecule has 27 heavy (non-hydrogen) atoms. The number of carbonyl (C=O) groups excluding carboxylic acids is 1. The molecular formula is C18H12F4N2O3. The zero-order chi connectivity index (χ0) is 19.8. The molecule has 0 fully saturated rings. The van der Waals surface area contributed by atoms with Crippen LogP contribution in [0.3, 0.4) is 0 Å². The standard InChI is InChI=1S/C18H12F4N2O3/c19-11-3-1-2-9(6-11)8-23-16(26)14-15(25)12-5-4-10(18(20,21)22)7-13(12)24-17(14)27/h1-7H,8H2,(H,23,26)(H2,24,25,27). The Balaban J connectivity index is 1.94. The highest BCUT2D eigenvalue weighted by Gasteiger charge is 2.31. The van der Waals surface area contributed by atoms with Crippen molar-refractivity contribution < 1.29 is 27.5 Å². The number of aromatic nitrogens is 1. The summed E-state index contributed by atoms with van der Waals surface area (Å²) < 4.78 is 51.5. The van der Waals surface area contributed by atoms with Crippen molar-refractivity contribution in [3.8, 4) is 5.75 Å². The lowest BCUT2D eigenvalue weighted by molar-refractivity contribution is -0.137. The number of aromatic hydroxyl groups is 1. The molecule has 0 spiro atoms. The number of hydrogen-bond acceptors (Lipinski definition) is 3. The van der Waals surface area contributed by atoms with E-state index in [1.807, 2.05) is 0 Å². The summed E-state index contributed by atoms with van der Waals surface area (Å²) in [7, 11) is 0. The van der Waals surface area contributed by atoms with Crippen molar-refractivity contribution in [3.05, 3.63) is 75.3 Å². The van der Waals surface area contributed by atoms with Gasteiger partial charge in [-0.1, -0.05) is 12.1 Å². The van der Waals surface area contributed by atoms with E-state index in [0.717, 1.165) is 12.1 Å². The van der Waals surface area contributed by atoms with E-state index in [-0.39, 0.29) is 17.4 Å². The topological polar surface area (TPSA) is 82.2 Å². The van der Waals surface area contributed by atoms with Crippen LogP contribution in [-0.4, -0.2) is 16.0 Å². The van der Waals surface area contributed by atoms with Gasteiger partial charge in [0.15, 0.2) is 0 Å². The van der Waals surface area contributed by atoms with E-state index in [9.17, 15) is 32.3 Å². The molecule has 1 aromatic heterocycles. The van der Waals surface area contributed by atoms with Crippen LogP contribution in [0.15, 0.2) is 47.3 Å². The number of halogens is 4. The van der Waals surface area contributed by atoms with Gasteiger partial charge in [0.2, 0.25) is 0 Å². The minimum atomic E-state index is -4.62. The molecule has 0 aliphatic carbocycles. The Morgan fingerprint density at radius 1 is 1.15 bits per heavy atom. The monoisotopic (exact) mass is 380 g/mol. The first-order valence-corrected chi connectivity index (χ1v) is 7.65. The Kier molecular flexibility index (Phi) is 4.61. The summed E-state index contributed by atoms with van der Waals surface area (Å²) in [6.45, 7) is -0.111. The van der Waals surface area contributed by atoms with Crippen LogP contribution in [-0.2, 0) is 12.7 Å². The highest BCUT2D eigenvalue weighted by Crippen LogP contribution is 2.33. The molecule has 0 saturated carbocycles. The molecule has 2 aromatic carbocycles. The molecule has 1 heterocycles. The Morgan fingerprint density at radius 3 is 2.56 bits per heavy atom.